The lowest BCUT2D eigenvalue weighted by Gasteiger charge is -2.42. The van der Waals surface area contributed by atoms with Crippen LogP contribution >= 0.6 is 0 Å². The third-order valence-corrected chi connectivity index (χ3v) is 8.69. The van der Waals surface area contributed by atoms with Gasteiger partial charge in [-0.2, -0.15) is 22.0 Å². The first-order valence-electron chi connectivity index (χ1n) is 12.4. The zero-order valence-corrected chi connectivity index (χ0v) is 22.4. The van der Waals surface area contributed by atoms with Gasteiger partial charge in [-0.3, -0.25) is 9.10 Å². The van der Waals surface area contributed by atoms with Crippen molar-refractivity contribution in [3.8, 4) is 22.6 Å². The van der Waals surface area contributed by atoms with E-state index in [4.69, 9.17) is 9.47 Å². The summed E-state index contributed by atoms with van der Waals surface area (Å²) in [6.45, 7) is -4.26. The number of hydrogen-bond acceptors (Lipinski definition) is 6. The van der Waals surface area contributed by atoms with Gasteiger partial charge in [0.1, 0.15) is 34.7 Å². The predicted molar refractivity (Wildman–Crippen MR) is 134 cm³/mol. The highest BCUT2D eigenvalue weighted by Crippen LogP contribution is 2.44. The summed E-state index contributed by atoms with van der Waals surface area (Å²) in [5.74, 6) is -4.35. The van der Waals surface area contributed by atoms with Gasteiger partial charge in [-0.25, -0.2) is 17.2 Å². The highest BCUT2D eigenvalue weighted by Gasteiger charge is 2.50. The fourth-order valence-electron chi connectivity index (χ4n) is 4.84. The summed E-state index contributed by atoms with van der Waals surface area (Å²) in [5, 5.41) is 9.71. The fourth-order valence-corrected chi connectivity index (χ4v) is 6.40. The monoisotopic (exact) mass is 635 g/mol. The van der Waals surface area contributed by atoms with E-state index in [2.05, 4.69) is 4.74 Å². The van der Waals surface area contributed by atoms with E-state index in [1.165, 1.54) is 12.1 Å². The minimum atomic E-state index is -5.08. The quantitative estimate of drug-likeness (QED) is 0.317. The smallest absolute Gasteiger partial charge is 0.416 e. The molecular weight excluding hydrogens is 615 g/mol. The molecule has 16 heteroatoms. The Morgan fingerprint density at radius 1 is 1.02 bits per heavy atom. The highest BCUT2D eigenvalue weighted by molar-refractivity contribution is 7.92. The normalized spacial score (nSPS) is 18.0. The first-order chi connectivity index (χ1) is 20.1. The molecule has 2 heterocycles. The molecule has 1 N–H and O–H groups in total. The second kappa shape index (κ2) is 10.9. The molecule has 0 radical (unpaired) electrons. The minimum absolute atomic E-state index is 0.0283. The number of nitrogens with zero attached hydrogens (tertiary/aromatic N) is 1. The summed E-state index contributed by atoms with van der Waals surface area (Å²) in [6, 6.07) is 7.22. The van der Waals surface area contributed by atoms with Crippen molar-refractivity contribution in [2.75, 3.05) is 24.1 Å². The van der Waals surface area contributed by atoms with Crippen LogP contribution in [0.25, 0.3) is 11.1 Å². The zero-order valence-electron chi connectivity index (χ0n) is 21.6. The van der Waals surface area contributed by atoms with Gasteiger partial charge in [-0.1, -0.05) is 6.07 Å². The fraction of sp³-hybridized carbons (Fsp3) is 0.296. The number of carboxylic acids is 1. The summed E-state index contributed by atoms with van der Waals surface area (Å²) in [4.78, 5) is 10.9. The molecule has 0 saturated carbocycles. The Balaban J connectivity index is 1.62. The lowest BCUT2D eigenvalue weighted by Crippen LogP contribution is -2.54. The van der Waals surface area contributed by atoms with Crippen LogP contribution in [-0.2, 0) is 25.7 Å². The Kier molecular flexibility index (Phi) is 7.71. The van der Waals surface area contributed by atoms with Gasteiger partial charge in [0.2, 0.25) is 0 Å². The van der Waals surface area contributed by atoms with E-state index in [0.717, 1.165) is 18.2 Å². The number of carbonyl (C=O) groups is 1. The maximum atomic E-state index is 14.3. The van der Waals surface area contributed by atoms with Gasteiger partial charge in [0.25, 0.3) is 10.0 Å². The third kappa shape index (κ3) is 6.06. The topological polar surface area (TPSA) is 102 Å². The molecule has 0 amide bonds. The van der Waals surface area contributed by atoms with Gasteiger partial charge in [-0.15, -0.1) is 0 Å². The second-order valence-corrected chi connectivity index (χ2v) is 11.8. The average Bonchev–Trinajstić information content (AvgIpc) is 2.88. The van der Waals surface area contributed by atoms with Crippen LogP contribution in [-0.4, -0.2) is 52.0 Å². The number of alkyl halides is 5. The van der Waals surface area contributed by atoms with E-state index >= 15 is 0 Å². The molecule has 0 bridgehead atoms. The maximum absolute atomic E-state index is 14.3. The van der Waals surface area contributed by atoms with Crippen LogP contribution in [0.1, 0.15) is 12.0 Å². The van der Waals surface area contributed by atoms with Gasteiger partial charge in [-0.05, 0) is 53.6 Å². The molecule has 1 atom stereocenters. The molecule has 1 saturated heterocycles. The first-order valence-corrected chi connectivity index (χ1v) is 13.8. The van der Waals surface area contributed by atoms with Crippen molar-refractivity contribution in [2.24, 2.45) is 5.41 Å². The largest absolute Gasteiger partial charge is 0.486 e. The SMILES string of the molecule is O=C(O)C1(C[C@H]2CN(S(=O)(=O)c3cc(F)cc(C(F)(F)F)c3)c3cc(-c4cc(F)cc(OC(F)F)c4)ccc3O2)COC1. The summed E-state index contributed by atoms with van der Waals surface area (Å²) >= 11 is 0. The van der Waals surface area contributed by atoms with E-state index in [1.54, 1.807) is 0 Å². The van der Waals surface area contributed by atoms with Crippen molar-refractivity contribution >= 4 is 21.7 Å². The third-order valence-electron chi connectivity index (χ3n) is 6.94. The molecule has 1 fully saturated rings. The number of carboxylic acid groups (broad SMARTS) is 1. The second-order valence-electron chi connectivity index (χ2n) is 9.97. The van der Waals surface area contributed by atoms with Gasteiger partial charge >= 0.3 is 18.8 Å². The molecule has 2 aliphatic heterocycles. The molecule has 8 nitrogen and oxygen atoms in total. The number of sulfonamides is 1. The van der Waals surface area contributed by atoms with Crippen LogP contribution in [0.5, 0.6) is 11.5 Å². The van der Waals surface area contributed by atoms with Crippen molar-refractivity contribution < 1.29 is 63.3 Å². The zero-order chi connectivity index (χ0) is 31.3. The Hall–Kier alpha value is -4.05. The van der Waals surface area contributed by atoms with Crippen LogP contribution in [0.3, 0.4) is 0 Å². The van der Waals surface area contributed by atoms with Gasteiger partial charge in [0.15, 0.2) is 0 Å². The number of fused-ring (bicyclic) bond motifs is 1. The minimum Gasteiger partial charge on any atom is -0.486 e. The molecule has 3 aromatic carbocycles. The van der Waals surface area contributed by atoms with E-state index in [-0.39, 0.29) is 54.3 Å². The Bertz CT molecular complexity index is 1680. The number of anilines is 1. The van der Waals surface area contributed by atoms with Crippen LogP contribution in [0.2, 0.25) is 0 Å². The van der Waals surface area contributed by atoms with E-state index in [1.807, 2.05) is 0 Å². The number of halogens is 7. The summed E-state index contributed by atoms with van der Waals surface area (Å²) in [5.41, 5.74) is -3.19. The number of hydrogen-bond donors (Lipinski definition) is 1. The molecule has 2 aliphatic rings. The van der Waals surface area contributed by atoms with Crippen molar-refractivity contribution in [3.63, 3.8) is 0 Å². The number of ether oxygens (including phenoxy) is 3. The lowest BCUT2D eigenvalue weighted by molar-refractivity contribution is -0.184. The first kappa shape index (κ1) is 30.4. The van der Waals surface area contributed by atoms with Crippen molar-refractivity contribution in [1.29, 1.82) is 0 Å². The molecule has 43 heavy (non-hydrogen) atoms. The molecule has 230 valence electrons. The summed E-state index contributed by atoms with van der Waals surface area (Å²) in [7, 11) is -4.97. The lowest BCUT2D eigenvalue weighted by atomic mass is 9.80. The van der Waals surface area contributed by atoms with E-state index in [0.29, 0.717) is 16.4 Å². The predicted octanol–water partition coefficient (Wildman–Crippen LogP) is 5.70. The number of aliphatic carboxylic acids is 1. The van der Waals surface area contributed by atoms with Crippen LogP contribution in [0.15, 0.2) is 59.5 Å². The van der Waals surface area contributed by atoms with Crippen molar-refractivity contribution in [2.45, 2.75) is 30.2 Å². The van der Waals surface area contributed by atoms with E-state index in [9.17, 15) is 49.1 Å². The summed E-state index contributed by atoms with van der Waals surface area (Å²) in [6.07, 6.45) is -6.47. The molecule has 0 aromatic heterocycles. The van der Waals surface area contributed by atoms with E-state index < -0.39 is 74.7 Å². The van der Waals surface area contributed by atoms with Crippen LogP contribution in [0, 0.1) is 17.0 Å². The van der Waals surface area contributed by atoms with Gasteiger partial charge < -0.3 is 19.3 Å². The molecule has 3 aromatic rings. The number of benzene rings is 3. The number of rotatable bonds is 8. The van der Waals surface area contributed by atoms with Crippen molar-refractivity contribution in [3.05, 3.63) is 71.8 Å². The Morgan fingerprint density at radius 3 is 2.33 bits per heavy atom. The molecule has 0 aliphatic carbocycles. The molecule has 0 unspecified atom stereocenters. The average molecular weight is 636 g/mol. The molecule has 5 rings (SSSR count). The standard InChI is InChI=1S/C27H20F7NO7S/c28-17-3-15(4-19(8-17)42-25(30)31)14-1-2-23-22(5-14)35(11-20(41-23)10-26(24(36)37)12-40-13-26)43(38,39)21-7-16(27(32,33)34)6-18(29)9-21/h1-9,20,25H,10-13H2,(H,36,37)/t20-/m0/s1. The molecule has 0 spiro atoms. The highest BCUT2D eigenvalue weighted by atomic mass is 32.2. The van der Waals surface area contributed by atoms with Gasteiger partial charge in [0.05, 0.1) is 35.9 Å². The van der Waals surface area contributed by atoms with Crippen molar-refractivity contribution in [1.82, 2.24) is 0 Å². The van der Waals surface area contributed by atoms with Crippen LogP contribution < -0.4 is 13.8 Å². The maximum Gasteiger partial charge on any atom is 0.416 e. The molecular formula is C27H20F7NO7S. The Morgan fingerprint density at radius 2 is 1.72 bits per heavy atom. The summed E-state index contributed by atoms with van der Waals surface area (Å²) < 4.78 is 138. The van der Waals surface area contributed by atoms with Crippen LogP contribution in [0.4, 0.5) is 36.4 Å². The Labute approximate surface area is 239 Å². The van der Waals surface area contributed by atoms with Gasteiger partial charge in [0, 0.05) is 12.5 Å².